The fraction of sp³-hybridized carbons (Fsp3) is 0.357. The van der Waals surface area contributed by atoms with Gasteiger partial charge in [0.25, 0.3) is 5.56 Å². The van der Waals surface area contributed by atoms with Crippen molar-refractivity contribution in [3.63, 3.8) is 0 Å². The fourth-order valence-corrected chi connectivity index (χ4v) is 6.78. The summed E-state index contributed by atoms with van der Waals surface area (Å²) in [5, 5.41) is 1.68. The lowest BCUT2D eigenvalue weighted by Crippen LogP contribution is -2.24. The van der Waals surface area contributed by atoms with Crippen LogP contribution < -0.4 is 10.3 Å². The molecule has 2 aromatic carbocycles. The molecule has 0 spiro atoms. The number of rotatable bonds is 8. The van der Waals surface area contributed by atoms with Gasteiger partial charge in [0, 0.05) is 17.2 Å². The van der Waals surface area contributed by atoms with E-state index in [1.165, 1.54) is 28.0 Å². The Morgan fingerprint density at radius 1 is 1.03 bits per heavy atom. The first-order valence-electron chi connectivity index (χ1n) is 12.1. The van der Waals surface area contributed by atoms with Crippen molar-refractivity contribution >= 4 is 33.3 Å². The summed E-state index contributed by atoms with van der Waals surface area (Å²) in [6.07, 6.45) is 5.42. The summed E-state index contributed by atoms with van der Waals surface area (Å²) >= 11 is 3.37. The molecule has 34 heavy (non-hydrogen) atoms. The maximum atomic E-state index is 13.8. The van der Waals surface area contributed by atoms with Gasteiger partial charge in [-0.15, -0.1) is 11.3 Å². The zero-order valence-electron chi connectivity index (χ0n) is 19.8. The van der Waals surface area contributed by atoms with Gasteiger partial charge in [-0.2, -0.15) is 0 Å². The largest absolute Gasteiger partial charge is 0.491 e. The molecule has 2 heterocycles. The van der Waals surface area contributed by atoms with E-state index in [9.17, 15) is 4.79 Å². The zero-order chi connectivity index (χ0) is 23.5. The lowest BCUT2D eigenvalue weighted by Gasteiger charge is -2.14. The van der Waals surface area contributed by atoms with Crippen LogP contribution >= 0.6 is 23.1 Å². The van der Waals surface area contributed by atoms with Crippen molar-refractivity contribution in [2.45, 2.75) is 69.5 Å². The van der Waals surface area contributed by atoms with Gasteiger partial charge in [0.05, 0.1) is 11.5 Å². The Balaban J connectivity index is 1.45. The Morgan fingerprint density at radius 3 is 2.56 bits per heavy atom. The molecule has 0 unspecified atom stereocenters. The first kappa shape index (κ1) is 23.2. The van der Waals surface area contributed by atoms with Gasteiger partial charge in [-0.3, -0.25) is 9.36 Å². The molecule has 5 rings (SSSR count). The number of hydrogen-bond acceptors (Lipinski definition) is 5. The van der Waals surface area contributed by atoms with E-state index in [-0.39, 0.29) is 11.7 Å². The van der Waals surface area contributed by atoms with Gasteiger partial charge in [0.15, 0.2) is 5.16 Å². The number of aryl methyl sites for hydroxylation is 3. The van der Waals surface area contributed by atoms with Gasteiger partial charge >= 0.3 is 0 Å². The highest BCUT2D eigenvalue weighted by Crippen LogP contribution is 2.35. The quantitative estimate of drug-likeness (QED) is 0.205. The van der Waals surface area contributed by atoms with Gasteiger partial charge in [0.2, 0.25) is 0 Å². The van der Waals surface area contributed by atoms with E-state index in [4.69, 9.17) is 9.72 Å². The van der Waals surface area contributed by atoms with Crippen molar-refractivity contribution < 1.29 is 4.74 Å². The number of thioether (sulfide) groups is 1. The van der Waals surface area contributed by atoms with E-state index in [2.05, 4.69) is 36.4 Å². The van der Waals surface area contributed by atoms with Gasteiger partial charge in [-0.1, -0.05) is 54.2 Å². The minimum Gasteiger partial charge on any atom is -0.491 e. The van der Waals surface area contributed by atoms with Crippen LogP contribution in [0.5, 0.6) is 5.75 Å². The lowest BCUT2D eigenvalue weighted by atomic mass is 9.97. The van der Waals surface area contributed by atoms with Crippen molar-refractivity contribution in [2.75, 3.05) is 0 Å². The standard InChI is InChI=1S/C28H30N2O2S2/c1-19(2)32-22-14-12-21(13-15-22)18-33-28-29-26-25(23-10-6-7-11-24(23)34-26)27(31)30(28)17-16-20-8-4-3-5-9-20/h3-5,8-9,12-15,19H,6-7,10-11,16-18H2,1-2H3. The average Bonchev–Trinajstić information content (AvgIpc) is 3.22. The van der Waals surface area contributed by atoms with Crippen LogP contribution in [0.3, 0.4) is 0 Å². The second-order valence-corrected chi connectivity index (χ2v) is 11.1. The smallest absolute Gasteiger partial charge is 0.263 e. The molecule has 4 nitrogen and oxygen atoms in total. The highest BCUT2D eigenvalue weighted by atomic mass is 32.2. The number of nitrogens with zero attached hydrogens (tertiary/aromatic N) is 2. The van der Waals surface area contributed by atoms with Crippen molar-refractivity contribution in [1.82, 2.24) is 9.55 Å². The summed E-state index contributed by atoms with van der Waals surface area (Å²) in [6.45, 7) is 4.70. The molecule has 0 aliphatic heterocycles. The molecule has 0 fully saturated rings. The highest BCUT2D eigenvalue weighted by Gasteiger charge is 2.22. The predicted molar refractivity (Wildman–Crippen MR) is 142 cm³/mol. The maximum Gasteiger partial charge on any atom is 0.263 e. The minimum absolute atomic E-state index is 0.128. The van der Waals surface area contributed by atoms with E-state index in [1.54, 1.807) is 23.1 Å². The molecule has 2 aromatic heterocycles. The van der Waals surface area contributed by atoms with Crippen LogP contribution in [0.25, 0.3) is 10.2 Å². The van der Waals surface area contributed by atoms with Crippen molar-refractivity contribution in [1.29, 1.82) is 0 Å². The third kappa shape index (κ3) is 5.08. The molecule has 1 aliphatic rings. The van der Waals surface area contributed by atoms with Gasteiger partial charge in [-0.25, -0.2) is 4.98 Å². The number of thiophene rings is 1. The number of hydrogen-bond donors (Lipinski definition) is 0. The molecule has 0 amide bonds. The second-order valence-electron chi connectivity index (χ2n) is 9.08. The molecule has 0 bridgehead atoms. The van der Waals surface area contributed by atoms with E-state index in [0.717, 1.165) is 52.6 Å². The summed E-state index contributed by atoms with van der Waals surface area (Å²) in [7, 11) is 0. The molecular weight excluding hydrogens is 460 g/mol. The molecule has 0 atom stereocenters. The fourth-order valence-electron chi connectivity index (χ4n) is 4.50. The SMILES string of the molecule is CC(C)Oc1ccc(CSc2nc3sc4c(c3c(=O)n2CCc2ccccc2)CCCC4)cc1. The highest BCUT2D eigenvalue weighted by molar-refractivity contribution is 7.98. The Hall–Kier alpha value is -2.57. The Morgan fingerprint density at radius 2 is 1.79 bits per heavy atom. The average molecular weight is 491 g/mol. The van der Waals surface area contributed by atoms with E-state index >= 15 is 0 Å². The minimum atomic E-state index is 0.128. The number of aromatic nitrogens is 2. The third-order valence-corrected chi connectivity index (χ3v) is 8.40. The molecule has 0 saturated carbocycles. The topological polar surface area (TPSA) is 44.1 Å². The van der Waals surface area contributed by atoms with Crippen LogP contribution in [0.2, 0.25) is 0 Å². The third-order valence-electron chi connectivity index (χ3n) is 6.17. The van der Waals surface area contributed by atoms with Crippen LogP contribution in [0.15, 0.2) is 64.5 Å². The van der Waals surface area contributed by atoms with Gasteiger partial charge < -0.3 is 4.74 Å². The zero-order valence-corrected chi connectivity index (χ0v) is 21.4. The summed E-state index contributed by atoms with van der Waals surface area (Å²) in [5.41, 5.74) is 3.81. The second kappa shape index (κ2) is 10.4. The van der Waals surface area contributed by atoms with E-state index < -0.39 is 0 Å². The van der Waals surface area contributed by atoms with Gasteiger partial charge in [-0.05, 0) is 74.8 Å². The first-order valence-corrected chi connectivity index (χ1v) is 13.9. The Bertz CT molecular complexity index is 1320. The first-order chi connectivity index (χ1) is 16.6. The summed E-state index contributed by atoms with van der Waals surface area (Å²) in [4.78, 5) is 21.1. The maximum absolute atomic E-state index is 13.8. The molecule has 4 aromatic rings. The van der Waals surface area contributed by atoms with Crippen LogP contribution in [-0.4, -0.2) is 15.7 Å². The predicted octanol–water partition coefficient (Wildman–Crippen LogP) is 6.66. The van der Waals surface area contributed by atoms with Crippen LogP contribution in [0.1, 0.15) is 48.3 Å². The molecule has 0 N–H and O–H groups in total. The number of benzene rings is 2. The molecule has 176 valence electrons. The van der Waals surface area contributed by atoms with Gasteiger partial charge in [0.1, 0.15) is 10.6 Å². The van der Waals surface area contributed by atoms with Crippen molar-refractivity contribution in [3.8, 4) is 5.75 Å². The summed E-state index contributed by atoms with van der Waals surface area (Å²) < 4.78 is 7.68. The van der Waals surface area contributed by atoms with E-state index in [1.807, 2.05) is 36.6 Å². The number of fused-ring (bicyclic) bond motifs is 3. The monoisotopic (exact) mass is 490 g/mol. The van der Waals surface area contributed by atoms with E-state index in [0.29, 0.717) is 6.54 Å². The van der Waals surface area contributed by atoms with Crippen LogP contribution in [0, 0.1) is 0 Å². The van der Waals surface area contributed by atoms with Crippen LogP contribution in [-0.2, 0) is 31.6 Å². The lowest BCUT2D eigenvalue weighted by molar-refractivity contribution is 0.242. The van der Waals surface area contributed by atoms with Crippen molar-refractivity contribution in [2.24, 2.45) is 0 Å². The molecule has 6 heteroatoms. The molecular formula is C28H30N2O2S2. The Labute approximate surface area is 209 Å². The Kier molecular flexibility index (Phi) is 7.07. The molecule has 1 aliphatic carbocycles. The normalized spacial score (nSPS) is 13.4. The summed E-state index contributed by atoms with van der Waals surface area (Å²) in [6, 6.07) is 18.6. The number of ether oxygens (including phenoxy) is 1. The molecule has 0 saturated heterocycles. The van der Waals surface area contributed by atoms with Crippen LogP contribution in [0.4, 0.5) is 0 Å². The summed E-state index contributed by atoms with van der Waals surface area (Å²) in [5.74, 6) is 1.64. The molecule has 0 radical (unpaired) electrons. The van der Waals surface area contributed by atoms with Crippen molar-refractivity contribution in [3.05, 3.63) is 86.5 Å².